The van der Waals surface area contributed by atoms with E-state index in [4.69, 9.17) is 0 Å². The van der Waals surface area contributed by atoms with Crippen LogP contribution in [0, 0.1) is 11.8 Å². The minimum atomic E-state index is -0.466. The third kappa shape index (κ3) is 4.81. The van der Waals surface area contributed by atoms with E-state index in [1.165, 1.54) is 18.4 Å². The Morgan fingerprint density at radius 3 is 2.58 bits per heavy atom. The van der Waals surface area contributed by atoms with Crippen LogP contribution in [0.4, 0.5) is 0 Å². The first kappa shape index (κ1) is 18.8. The van der Waals surface area contributed by atoms with Crippen LogP contribution in [-0.2, 0) is 16.1 Å². The first-order valence-electron chi connectivity index (χ1n) is 9.74. The Morgan fingerprint density at radius 2 is 1.92 bits per heavy atom. The number of hydrogen-bond donors (Lipinski definition) is 1. The molecule has 1 N–H and O–H groups in total. The molecule has 3 heterocycles. The molecule has 2 saturated heterocycles. The predicted octanol–water partition coefficient (Wildman–Crippen LogP) is 1.67. The Kier molecular flexibility index (Phi) is 6.25. The number of piperidine rings is 1. The second-order valence-corrected chi connectivity index (χ2v) is 7.90. The van der Waals surface area contributed by atoms with Crippen molar-refractivity contribution in [3.63, 3.8) is 0 Å². The van der Waals surface area contributed by atoms with Gasteiger partial charge in [-0.05, 0) is 69.7 Å². The lowest BCUT2D eigenvalue weighted by atomic mass is 9.83. The SMILES string of the molecule is CC(C)NC(=O)C(=O)N1CCC(C2CCN(Cc3cccnc3)CC2)C1. The van der Waals surface area contributed by atoms with Crippen molar-refractivity contribution in [2.45, 2.75) is 45.7 Å². The molecule has 2 fully saturated rings. The van der Waals surface area contributed by atoms with E-state index in [0.29, 0.717) is 18.4 Å². The van der Waals surface area contributed by atoms with Crippen LogP contribution < -0.4 is 5.32 Å². The normalized spacial score (nSPS) is 22.0. The highest BCUT2D eigenvalue weighted by Crippen LogP contribution is 2.32. The van der Waals surface area contributed by atoms with Crippen molar-refractivity contribution in [3.05, 3.63) is 30.1 Å². The number of carbonyl (C=O) groups excluding carboxylic acids is 2. The molecule has 6 heteroatoms. The van der Waals surface area contributed by atoms with Crippen molar-refractivity contribution >= 4 is 11.8 Å². The molecule has 1 atom stereocenters. The van der Waals surface area contributed by atoms with Crippen LogP contribution in [0.15, 0.2) is 24.5 Å². The molecule has 1 aromatic rings. The van der Waals surface area contributed by atoms with Gasteiger partial charge in [0.15, 0.2) is 0 Å². The maximum atomic E-state index is 12.3. The molecule has 0 bridgehead atoms. The molecule has 2 aliphatic heterocycles. The summed E-state index contributed by atoms with van der Waals surface area (Å²) >= 11 is 0. The fourth-order valence-electron chi connectivity index (χ4n) is 4.16. The van der Waals surface area contributed by atoms with Crippen LogP contribution >= 0.6 is 0 Å². The zero-order valence-electron chi connectivity index (χ0n) is 15.9. The van der Waals surface area contributed by atoms with E-state index >= 15 is 0 Å². The van der Waals surface area contributed by atoms with Crippen molar-refractivity contribution in [2.75, 3.05) is 26.2 Å². The molecule has 0 aliphatic carbocycles. The summed E-state index contributed by atoms with van der Waals surface area (Å²) in [4.78, 5) is 32.6. The zero-order chi connectivity index (χ0) is 18.5. The van der Waals surface area contributed by atoms with Crippen molar-refractivity contribution in [1.82, 2.24) is 20.1 Å². The number of likely N-dealkylation sites (tertiary alicyclic amines) is 2. The van der Waals surface area contributed by atoms with Crippen molar-refractivity contribution in [2.24, 2.45) is 11.8 Å². The van der Waals surface area contributed by atoms with Gasteiger partial charge in [-0.3, -0.25) is 19.5 Å². The van der Waals surface area contributed by atoms with Gasteiger partial charge in [0.2, 0.25) is 0 Å². The van der Waals surface area contributed by atoms with E-state index in [1.807, 2.05) is 32.3 Å². The monoisotopic (exact) mass is 358 g/mol. The molecule has 0 spiro atoms. The number of carbonyl (C=O) groups is 2. The fourth-order valence-corrected chi connectivity index (χ4v) is 4.16. The summed E-state index contributed by atoms with van der Waals surface area (Å²) in [5.74, 6) is 0.361. The molecule has 6 nitrogen and oxygen atoms in total. The van der Waals surface area contributed by atoms with Gasteiger partial charge >= 0.3 is 11.8 Å². The molecule has 142 valence electrons. The van der Waals surface area contributed by atoms with Crippen LogP contribution in [0.5, 0.6) is 0 Å². The molecular weight excluding hydrogens is 328 g/mol. The second-order valence-electron chi connectivity index (χ2n) is 7.90. The van der Waals surface area contributed by atoms with E-state index in [0.717, 1.165) is 32.6 Å². The average Bonchev–Trinajstić information content (AvgIpc) is 3.12. The number of nitrogens with zero attached hydrogens (tertiary/aromatic N) is 3. The van der Waals surface area contributed by atoms with Crippen molar-refractivity contribution in [1.29, 1.82) is 0 Å². The number of hydrogen-bond acceptors (Lipinski definition) is 4. The van der Waals surface area contributed by atoms with Crippen LogP contribution in [0.2, 0.25) is 0 Å². The lowest BCUT2D eigenvalue weighted by Gasteiger charge is -2.34. The average molecular weight is 358 g/mol. The Labute approximate surface area is 156 Å². The van der Waals surface area contributed by atoms with Crippen molar-refractivity contribution < 1.29 is 9.59 Å². The van der Waals surface area contributed by atoms with Gasteiger partial charge in [0.25, 0.3) is 0 Å². The van der Waals surface area contributed by atoms with Gasteiger partial charge in [-0.2, -0.15) is 0 Å². The lowest BCUT2D eigenvalue weighted by molar-refractivity contribution is -0.145. The second kappa shape index (κ2) is 8.62. The van der Waals surface area contributed by atoms with E-state index < -0.39 is 5.91 Å². The minimum Gasteiger partial charge on any atom is -0.346 e. The maximum absolute atomic E-state index is 12.3. The van der Waals surface area contributed by atoms with Gasteiger partial charge in [-0.1, -0.05) is 6.07 Å². The summed E-state index contributed by atoms with van der Waals surface area (Å²) in [7, 11) is 0. The predicted molar refractivity (Wildman–Crippen MR) is 100 cm³/mol. The molecule has 1 unspecified atom stereocenters. The fraction of sp³-hybridized carbons (Fsp3) is 0.650. The standard InChI is InChI=1S/C20H30N4O2/c1-15(2)22-19(25)20(26)24-11-7-18(14-24)17-5-9-23(10-6-17)13-16-4-3-8-21-12-16/h3-4,8,12,15,17-18H,5-7,9-11,13-14H2,1-2H3,(H,22,25). The largest absolute Gasteiger partial charge is 0.346 e. The van der Waals surface area contributed by atoms with E-state index in [1.54, 1.807) is 4.90 Å². The molecule has 3 rings (SSSR count). The summed E-state index contributed by atoms with van der Waals surface area (Å²) in [6.07, 6.45) is 7.11. The van der Waals surface area contributed by atoms with Crippen LogP contribution in [0.1, 0.15) is 38.7 Å². The Balaban J connectivity index is 1.44. The van der Waals surface area contributed by atoms with Crippen molar-refractivity contribution in [3.8, 4) is 0 Å². The molecule has 1 aromatic heterocycles. The van der Waals surface area contributed by atoms with Gasteiger partial charge in [-0.25, -0.2) is 0 Å². The summed E-state index contributed by atoms with van der Waals surface area (Å²) < 4.78 is 0. The van der Waals surface area contributed by atoms with E-state index in [2.05, 4.69) is 21.3 Å². The number of nitrogens with one attached hydrogen (secondary N) is 1. The number of aromatic nitrogens is 1. The quantitative estimate of drug-likeness (QED) is 0.832. The first-order chi connectivity index (χ1) is 12.5. The summed E-state index contributed by atoms with van der Waals surface area (Å²) in [5.41, 5.74) is 1.26. The number of rotatable bonds is 4. The van der Waals surface area contributed by atoms with Crippen LogP contribution in [-0.4, -0.2) is 58.8 Å². The molecule has 2 aliphatic rings. The van der Waals surface area contributed by atoms with E-state index in [9.17, 15) is 9.59 Å². The lowest BCUT2D eigenvalue weighted by Crippen LogP contribution is -2.44. The first-order valence-corrected chi connectivity index (χ1v) is 9.74. The highest BCUT2D eigenvalue weighted by molar-refractivity contribution is 6.35. The van der Waals surface area contributed by atoms with E-state index in [-0.39, 0.29) is 11.9 Å². The van der Waals surface area contributed by atoms with Crippen LogP contribution in [0.25, 0.3) is 0 Å². The maximum Gasteiger partial charge on any atom is 0.311 e. The highest BCUT2D eigenvalue weighted by Gasteiger charge is 2.35. The van der Waals surface area contributed by atoms with Gasteiger partial charge < -0.3 is 10.2 Å². The molecule has 0 aromatic carbocycles. The third-order valence-corrected chi connectivity index (χ3v) is 5.55. The summed E-state index contributed by atoms with van der Waals surface area (Å²) in [6, 6.07) is 4.11. The Morgan fingerprint density at radius 1 is 1.19 bits per heavy atom. The molecule has 2 amide bonds. The molecule has 26 heavy (non-hydrogen) atoms. The summed E-state index contributed by atoms with van der Waals surface area (Å²) in [6.45, 7) is 8.35. The topological polar surface area (TPSA) is 65.5 Å². The minimum absolute atomic E-state index is 0.00556. The highest BCUT2D eigenvalue weighted by atomic mass is 16.2. The van der Waals surface area contributed by atoms with Gasteiger partial charge in [0.05, 0.1) is 0 Å². The molecule has 0 saturated carbocycles. The smallest absolute Gasteiger partial charge is 0.311 e. The molecular formula is C20H30N4O2. The van der Waals surface area contributed by atoms with Crippen LogP contribution in [0.3, 0.4) is 0 Å². The number of pyridine rings is 1. The third-order valence-electron chi connectivity index (χ3n) is 5.55. The van der Waals surface area contributed by atoms with Gasteiger partial charge in [-0.15, -0.1) is 0 Å². The van der Waals surface area contributed by atoms with Gasteiger partial charge in [0, 0.05) is 38.1 Å². The Hall–Kier alpha value is -1.95. The summed E-state index contributed by atoms with van der Waals surface area (Å²) in [5, 5.41) is 2.70. The van der Waals surface area contributed by atoms with Gasteiger partial charge in [0.1, 0.15) is 0 Å². The number of amides is 2. The Bertz CT molecular complexity index is 611. The molecule has 0 radical (unpaired) electrons. The zero-order valence-corrected chi connectivity index (χ0v) is 15.9.